The molecule has 1 fully saturated rings. The minimum Gasteiger partial charge on any atom is -0.492 e. The van der Waals surface area contributed by atoms with Gasteiger partial charge in [0.25, 0.3) is 0 Å². The van der Waals surface area contributed by atoms with Crippen molar-refractivity contribution >= 4 is 33.0 Å². The number of sulfone groups is 1. The highest BCUT2D eigenvalue weighted by Gasteiger charge is 2.48. The van der Waals surface area contributed by atoms with Gasteiger partial charge in [-0.15, -0.1) is 0 Å². The van der Waals surface area contributed by atoms with E-state index >= 15 is 0 Å². The Labute approximate surface area is 194 Å². The molecule has 1 spiro atoms. The van der Waals surface area contributed by atoms with Crippen LogP contribution in [0, 0.1) is 0 Å². The molecule has 1 saturated heterocycles. The lowest BCUT2D eigenvalue weighted by atomic mass is 9.73. The predicted octanol–water partition coefficient (Wildman–Crippen LogP) is 4.13. The lowest BCUT2D eigenvalue weighted by Gasteiger charge is -2.38. The standard InChI is InChI=1S/C22H22ClF3N2O4S/c1-33(30,31)19-5-3-15(13-17(19)22(24,25)26)32-11-10-28-8-6-21(7-9-28)16-12-14(23)2-4-18(16)27-20(21)29/h2-5,12-13H,6-11H2,1H3,(H,27,29). The summed E-state index contributed by atoms with van der Waals surface area (Å²) < 4.78 is 68.8. The molecular weight excluding hydrogens is 481 g/mol. The number of rotatable bonds is 5. The third kappa shape index (κ3) is 4.69. The number of amides is 1. The Morgan fingerprint density at radius 1 is 1.15 bits per heavy atom. The van der Waals surface area contributed by atoms with Crippen molar-refractivity contribution in [2.24, 2.45) is 0 Å². The van der Waals surface area contributed by atoms with E-state index in [-0.39, 0.29) is 18.3 Å². The van der Waals surface area contributed by atoms with Crippen LogP contribution in [0.2, 0.25) is 5.02 Å². The van der Waals surface area contributed by atoms with Gasteiger partial charge in [0, 0.05) is 23.5 Å². The first-order valence-corrected chi connectivity index (χ1v) is 12.5. The molecule has 1 N–H and O–H groups in total. The molecule has 0 saturated carbocycles. The predicted molar refractivity (Wildman–Crippen MR) is 117 cm³/mol. The van der Waals surface area contributed by atoms with Crippen molar-refractivity contribution in [2.75, 3.05) is 37.8 Å². The molecule has 0 unspecified atom stereocenters. The highest BCUT2D eigenvalue weighted by molar-refractivity contribution is 7.90. The number of nitrogens with zero attached hydrogens (tertiary/aromatic N) is 1. The summed E-state index contributed by atoms with van der Waals surface area (Å²) in [5.74, 6) is -0.0942. The van der Waals surface area contributed by atoms with E-state index in [9.17, 15) is 26.4 Å². The quantitative estimate of drug-likeness (QED) is 0.665. The van der Waals surface area contributed by atoms with Crippen molar-refractivity contribution in [3.05, 3.63) is 52.5 Å². The maximum absolute atomic E-state index is 13.3. The van der Waals surface area contributed by atoms with Crippen molar-refractivity contribution in [1.82, 2.24) is 4.90 Å². The van der Waals surface area contributed by atoms with E-state index in [4.69, 9.17) is 16.3 Å². The first-order valence-electron chi connectivity index (χ1n) is 10.3. The summed E-state index contributed by atoms with van der Waals surface area (Å²) in [6, 6.07) is 8.21. The Morgan fingerprint density at radius 3 is 2.48 bits per heavy atom. The average molecular weight is 503 g/mol. The van der Waals surface area contributed by atoms with E-state index in [0.29, 0.717) is 43.6 Å². The van der Waals surface area contributed by atoms with Gasteiger partial charge in [0.15, 0.2) is 9.84 Å². The Hall–Kier alpha value is -2.30. The highest BCUT2D eigenvalue weighted by Crippen LogP contribution is 2.45. The van der Waals surface area contributed by atoms with Crippen LogP contribution in [-0.2, 0) is 26.2 Å². The van der Waals surface area contributed by atoms with E-state index in [1.807, 2.05) is 6.07 Å². The fourth-order valence-corrected chi connectivity index (χ4v) is 5.54. The van der Waals surface area contributed by atoms with Crippen molar-refractivity contribution in [1.29, 1.82) is 0 Å². The first kappa shape index (κ1) is 23.8. The van der Waals surface area contributed by atoms with Crippen molar-refractivity contribution in [3.63, 3.8) is 0 Å². The zero-order valence-electron chi connectivity index (χ0n) is 17.7. The van der Waals surface area contributed by atoms with Gasteiger partial charge < -0.3 is 10.1 Å². The lowest BCUT2D eigenvalue weighted by molar-refractivity contribution is -0.140. The highest BCUT2D eigenvalue weighted by atomic mass is 35.5. The van der Waals surface area contributed by atoms with Gasteiger partial charge in [-0.25, -0.2) is 8.42 Å². The van der Waals surface area contributed by atoms with E-state index in [1.165, 1.54) is 6.07 Å². The van der Waals surface area contributed by atoms with Crippen molar-refractivity contribution in [3.8, 4) is 5.75 Å². The van der Waals surface area contributed by atoms with Gasteiger partial charge in [0.2, 0.25) is 5.91 Å². The number of nitrogens with one attached hydrogen (secondary N) is 1. The molecule has 2 aliphatic heterocycles. The second kappa shape index (κ2) is 8.48. The minimum absolute atomic E-state index is 0.0405. The van der Waals surface area contributed by atoms with Crippen LogP contribution in [0.3, 0.4) is 0 Å². The number of alkyl halides is 3. The normalized spacial score (nSPS) is 18.3. The summed E-state index contributed by atoms with van der Waals surface area (Å²) in [6.45, 7) is 1.81. The summed E-state index contributed by atoms with van der Waals surface area (Å²) in [5, 5.41) is 3.49. The SMILES string of the molecule is CS(=O)(=O)c1ccc(OCCN2CCC3(CC2)C(=O)Nc2ccc(Cl)cc23)cc1C(F)(F)F. The number of carbonyl (C=O) groups excluding carboxylic acids is 1. The largest absolute Gasteiger partial charge is 0.492 e. The van der Waals surface area contributed by atoms with E-state index in [2.05, 4.69) is 10.2 Å². The number of anilines is 1. The zero-order chi connectivity index (χ0) is 24.0. The average Bonchev–Trinajstić information content (AvgIpc) is 2.99. The number of halogens is 4. The number of hydrogen-bond donors (Lipinski definition) is 1. The van der Waals surface area contributed by atoms with Gasteiger partial charge in [-0.3, -0.25) is 9.69 Å². The first-order chi connectivity index (χ1) is 15.4. The second-order valence-corrected chi connectivity index (χ2v) is 10.8. The van der Waals surface area contributed by atoms with Gasteiger partial charge >= 0.3 is 6.18 Å². The van der Waals surface area contributed by atoms with E-state index < -0.39 is 31.9 Å². The number of fused-ring (bicyclic) bond motifs is 2. The molecule has 4 rings (SSSR count). The molecule has 2 aromatic rings. The Balaban J connectivity index is 1.38. The molecule has 1 amide bonds. The summed E-state index contributed by atoms with van der Waals surface area (Å²) in [4.78, 5) is 14.0. The Morgan fingerprint density at radius 2 is 1.85 bits per heavy atom. The summed E-state index contributed by atoms with van der Waals surface area (Å²) >= 11 is 6.13. The molecule has 2 aromatic carbocycles. The number of likely N-dealkylation sites (tertiary alicyclic amines) is 1. The molecule has 0 bridgehead atoms. The molecule has 33 heavy (non-hydrogen) atoms. The van der Waals surface area contributed by atoms with Gasteiger partial charge in [-0.2, -0.15) is 13.2 Å². The molecule has 178 valence electrons. The summed E-state index contributed by atoms with van der Waals surface area (Å²) in [7, 11) is -4.04. The van der Waals surface area contributed by atoms with Gasteiger partial charge in [0.05, 0.1) is 15.9 Å². The third-order valence-corrected chi connectivity index (χ3v) is 7.61. The zero-order valence-corrected chi connectivity index (χ0v) is 19.3. The van der Waals surface area contributed by atoms with Crippen LogP contribution >= 0.6 is 11.6 Å². The van der Waals surface area contributed by atoms with Crippen LogP contribution in [0.5, 0.6) is 5.75 Å². The monoisotopic (exact) mass is 502 g/mol. The number of carbonyl (C=O) groups is 1. The molecule has 2 heterocycles. The van der Waals surface area contributed by atoms with Crippen LogP contribution in [0.4, 0.5) is 18.9 Å². The van der Waals surface area contributed by atoms with Gasteiger partial charge in [-0.05, 0) is 67.9 Å². The fourth-order valence-electron chi connectivity index (χ4n) is 4.48. The van der Waals surface area contributed by atoms with Crippen LogP contribution in [0.15, 0.2) is 41.3 Å². The van der Waals surface area contributed by atoms with E-state index in [0.717, 1.165) is 23.6 Å². The molecule has 0 radical (unpaired) electrons. The minimum atomic E-state index is -4.82. The van der Waals surface area contributed by atoms with E-state index in [1.54, 1.807) is 12.1 Å². The topological polar surface area (TPSA) is 75.7 Å². The summed E-state index contributed by atoms with van der Waals surface area (Å²) in [5.41, 5.74) is -0.187. The van der Waals surface area contributed by atoms with Crippen molar-refractivity contribution < 1.29 is 31.1 Å². The maximum atomic E-state index is 13.3. The molecule has 6 nitrogen and oxygen atoms in total. The van der Waals surface area contributed by atoms with Gasteiger partial charge in [0.1, 0.15) is 12.4 Å². The fraction of sp³-hybridized carbons (Fsp3) is 0.409. The summed E-state index contributed by atoms with van der Waals surface area (Å²) in [6.07, 6.45) is -2.90. The van der Waals surface area contributed by atoms with Crippen LogP contribution in [0.25, 0.3) is 0 Å². The van der Waals surface area contributed by atoms with Crippen LogP contribution in [0.1, 0.15) is 24.0 Å². The van der Waals surface area contributed by atoms with Crippen molar-refractivity contribution in [2.45, 2.75) is 29.3 Å². The number of piperidine rings is 1. The van der Waals surface area contributed by atoms with Gasteiger partial charge in [-0.1, -0.05) is 11.6 Å². The molecule has 0 atom stereocenters. The Bertz CT molecular complexity index is 1190. The lowest BCUT2D eigenvalue weighted by Crippen LogP contribution is -2.47. The maximum Gasteiger partial charge on any atom is 0.417 e. The molecule has 0 aliphatic carbocycles. The van der Waals surface area contributed by atoms with Crippen LogP contribution in [-0.4, -0.2) is 51.7 Å². The smallest absolute Gasteiger partial charge is 0.417 e. The third-order valence-electron chi connectivity index (χ3n) is 6.22. The number of hydrogen-bond acceptors (Lipinski definition) is 5. The number of ether oxygens (including phenoxy) is 1. The Kier molecular flexibility index (Phi) is 6.13. The molecule has 2 aliphatic rings. The molecule has 11 heteroatoms. The molecular formula is C22H22ClF3N2O4S. The second-order valence-electron chi connectivity index (χ2n) is 8.34. The number of benzene rings is 2. The van der Waals surface area contributed by atoms with Crippen LogP contribution < -0.4 is 10.1 Å². The molecule has 0 aromatic heterocycles.